The van der Waals surface area contributed by atoms with Crippen LogP contribution in [0.5, 0.6) is 0 Å². The molecular weight excluding hydrogens is 448 g/mol. The molecule has 0 aromatic rings. The molecular formula is C20H30O13. The van der Waals surface area contributed by atoms with Crippen molar-refractivity contribution < 1.29 is 63.9 Å². The topological polar surface area (TPSA) is 202 Å². The van der Waals surface area contributed by atoms with Gasteiger partial charge in [-0.25, -0.2) is 4.79 Å². The molecule has 1 aliphatic carbocycles. The highest BCUT2D eigenvalue weighted by molar-refractivity contribution is 5.91. The van der Waals surface area contributed by atoms with Crippen LogP contribution in [-0.4, -0.2) is 111 Å². The molecule has 0 amide bonds. The lowest BCUT2D eigenvalue weighted by molar-refractivity contribution is -0.352. The Bertz CT molecular complexity index is 780. The lowest BCUT2D eigenvalue weighted by atomic mass is 9.77. The highest BCUT2D eigenvalue weighted by atomic mass is 16.8. The summed E-state index contributed by atoms with van der Waals surface area (Å²) in [7, 11) is 1.08. The van der Waals surface area contributed by atoms with Crippen LogP contribution in [0.3, 0.4) is 0 Å². The maximum Gasteiger partial charge on any atom is 0.339 e. The van der Waals surface area contributed by atoms with Crippen molar-refractivity contribution in [3.05, 3.63) is 11.8 Å². The Morgan fingerprint density at radius 2 is 1.82 bits per heavy atom. The number of aliphatic hydroxyl groups excluding tert-OH is 4. The van der Waals surface area contributed by atoms with Gasteiger partial charge in [0, 0.05) is 12.8 Å². The first-order valence-corrected chi connectivity index (χ1v) is 10.5. The summed E-state index contributed by atoms with van der Waals surface area (Å²) in [4.78, 5) is 24.2. The van der Waals surface area contributed by atoms with Gasteiger partial charge < -0.3 is 54.3 Å². The molecule has 2 fully saturated rings. The van der Waals surface area contributed by atoms with Crippen LogP contribution < -0.4 is 0 Å². The molecule has 6 N–H and O–H groups in total. The van der Waals surface area contributed by atoms with Gasteiger partial charge in [-0.1, -0.05) is 6.92 Å². The zero-order chi connectivity index (χ0) is 24.7. The number of ether oxygens (including phenoxy) is 5. The van der Waals surface area contributed by atoms with Crippen LogP contribution in [0.1, 0.15) is 26.7 Å². The first-order valence-electron chi connectivity index (χ1n) is 10.5. The molecule has 0 aromatic carbocycles. The molecule has 0 aromatic heterocycles. The number of hydrogen-bond donors (Lipinski definition) is 6. The Balaban J connectivity index is 1.95. The van der Waals surface area contributed by atoms with E-state index in [2.05, 4.69) is 0 Å². The van der Waals surface area contributed by atoms with Crippen molar-refractivity contribution in [1.29, 1.82) is 0 Å². The molecule has 1 saturated heterocycles. The number of methoxy groups -OCH3 is 1. The second kappa shape index (κ2) is 9.43. The molecule has 0 bridgehead atoms. The van der Waals surface area contributed by atoms with Crippen LogP contribution in [0.15, 0.2) is 11.8 Å². The van der Waals surface area contributed by atoms with Crippen molar-refractivity contribution in [2.24, 2.45) is 5.92 Å². The third kappa shape index (κ3) is 4.35. The molecule has 3 aliphatic rings. The smallest absolute Gasteiger partial charge is 0.339 e. The van der Waals surface area contributed by atoms with Gasteiger partial charge in [0.05, 0.1) is 25.9 Å². The molecule has 13 heteroatoms. The number of rotatable bonds is 6. The van der Waals surface area contributed by atoms with Crippen molar-refractivity contribution in [2.45, 2.75) is 81.0 Å². The van der Waals surface area contributed by atoms with Gasteiger partial charge in [0.2, 0.25) is 6.29 Å². The summed E-state index contributed by atoms with van der Waals surface area (Å²) in [5, 5.41) is 62.4. The molecule has 188 valence electrons. The fourth-order valence-electron chi connectivity index (χ4n) is 4.55. The van der Waals surface area contributed by atoms with E-state index >= 15 is 0 Å². The summed E-state index contributed by atoms with van der Waals surface area (Å²) in [6, 6.07) is 0. The van der Waals surface area contributed by atoms with Crippen LogP contribution in [0.2, 0.25) is 0 Å². The van der Waals surface area contributed by atoms with E-state index in [0.717, 1.165) is 13.4 Å². The molecule has 0 radical (unpaired) electrons. The largest absolute Gasteiger partial charge is 0.471 e. The van der Waals surface area contributed by atoms with Gasteiger partial charge >= 0.3 is 11.9 Å². The summed E-state index contributed by atoms with van der Waals surface area (Å²) in [6.45, 7) is 2.10. The second-order valence-electron chi connectivity index (χ2n) is 8.52. The number of hydrogen-bond acceptors (Lipinski definition) is 13. The quantitative estimate of drug-likeness (QED) is 0.212. The second-order valence-corrected chi connectivity index (χ2v) is 8.52. The average molecular weight is 478 g/mol. The normalized spacial score (nSPS) is 44.9. The molecule has 13 nitrogen and oxygen atoms in total. The van der Waals surface area contributed by atoms with Crippen molar-refractivity contribution in [2.75, 3.05) is 13.7 Å². The van der Waals surface area contributed by atoms with E-state index in [1.54, 1.807) is 6.92 Å². The van der Waals surface area contributed by atoms with E-state index in [0.29, 0.717) is 0 Å². The number of fused-ring (bicyclic) bond motifs is 1. The third-order valence-corrected chi connectivity index (χ3v) is 6.44. The minimum Gasteiger partial charge on any atom is -0.471 e. The standard InChI is InChI=1S/C20H30O13/c1-4-11(22)32-10-5-20(28)8(16(26)29-3)7-30-18(15(20)19(10,2)27)33-17-14(25)13(24)12(23)9(6-21)31-17/h7,9-10,12-15,17-18,21,23-25,27-28H,4-6H2,1-3H3/t9-,10+,12-,13+,14-,15-,17+,18+,19+,20+/m1/s1. The summed E-state index contributed by atoms with van der Waals surface area (Å²) in [5.41, 5.74) is -4.47. The highest BCUT2D eigenvalue weighted by Crippen LogP contribution is 2.53. The van der Waals surface area contributed by atoms with E-state index in [-0.39, 0.29) is 12.0 Å². The zero-order valence-electron chi connectivity index (χ0n) is 18.4. The molecule has 2 heterocycles. The maximum absolute atomic E-state index is 12.3. The summed E-state index contributed by atoms with van der Waals surface area (Å²) >= 11 is 0. The molecule has 1 saturated carbocycles. The summed E-state index contributed by atoms with van der Waals surface area (Å²) in [5.74, 6) is -3.06. The van der Waals surface area contributed by atoms with Gasteiger partial charge in [0.25, 0.3) is 0 Å². The lowest BCUT2D eigenvalue weighted by Gasteiger charge is -2.46. The predicted octanol–water partition coefficient (Wildman–Crippen LogP) is -2.96. The van der Waals surface area contributed by atoms with Crippen LogP contribution in [0.4, 0.5) is 0 Å². The predicted molar refractivity (Wildman–Crippen MR) is 104 cm³/mol. The van der Waals surface area contributed by atoms with Gasteiger partial charge in [-0.3, -0.25) is 4.79 Å². The van der Waals surface area contributed by atoms with Crippen molar-refractivity contribution in [3.63, 3.8) is 0 Å². The molecule has 2 aliphatic heterocycles. The first-order chi connectivity index (χ1) is 15.4. The van der Waals surface area contributed by atoms with Crippen molar-refractivity contribution >= 4 is 11.9 Å². The Morgan fingerprint density at radius 1 is 1.15 bits per heavy atom. The molecule has 10 atom stereocenters. The van der Waals surface area contributed by atoms with E-state index in [1.165, 1.54) is 6.92 Å². The van der Waals surface area contributed by atoms with Crippen LogP contribution in [-0.2, 0) is 33.3 Å². The number of carbonyl (C=O) groups is 2. The third-order valence-electron chi connectivity index (χ3n) is 6.44. The van der Waals surface area contributed by atoms with Crippen molar-refractivity contribution in [1.82, 2.24) is 0 Å². The van der Waals surface area contributed by atoms with E-state index < -0.39 is 85.2 Å². The fraction of sp³-hybridized carbons (Fsp3) is 0.800. The zero-order valence-corrected chi connectivity index (χ0v) is 18.4. The van der Waals surface area contributed by atoms with E-state index in [9.17, 15) is 40.2 Å². The number of aliphatic hydroxyl groups is 6. The summed E-state index contributed by atoms with van der Waals surface area (Å²) < 4.78 is 26.4. The summed E-state index contributed by atoms with van der Waals surface area (Å²) in [6.07, 6.45) is -10.5. The monoisotopic (exact) mass is 478 g/mol. The van der Waals surface area contributed by atoms with Crippen LogP contribution in [0.25, 0.3) is 0 Å². The van der Waals surface area contributed by atoms with Gasteiger partial charge in [-0.15, -0.1) is 0 Å². The molecule has 33 heavy (non-hydrogen) atoms. The van der Waals surface area contributed by atoms with Crippen LogP contribution >= 0.6 is 0 Å². The first kappa shape index (κ1) is 25.8. The van der Waals surface area contributed by atoms with E-state index in [1.807, 2.05) is 0 Å². The SMILES string of the molecule is CCC(=O)O[C@H]1C[C@]2(O)C(C(=O)OC)=CO[C@@H](O[C@@H]3O[C@H](CO)[C@@H](O)[C@H](O)[C@H]3O)[C@@H]2[C@@]1(C)O. The number of carbonyl (C=O) groups excluding carboxylic acids is 2. The van der Waals surface area contributed by atoms with Gasteiger partial charge in [0.1, 0.15) is 47.3 Å². The minimum atomic E-state index is -2.13. The Morgan fingerprint density at radius 3 is 2.39 bits per heavy atom. The van der Waals surface area contributed by atoms with Gasteiger partial charge in [-0.05, 0) is 6.92 Å². The van der Waals surface area contributed by atoms with Crippen molar-refractivity contribution in [3.8, 4) is 0 Å². The van der Waals surface area contributed by atoms with E-state index in [4.69, 9.17) is 23.7 Å². The molecule has 0 spiro atoms. The van der Waals surface area contributed by atoms with Gasteiger partial charge in [-0.2, -0.15) is 0 Å². The molecule has 0 unspecified atom stereocenters. The fourth-order valence-corrected chi connectivity index (χ4v) is 4.55. The van der Waals surface area contributed by atoms with Gasteiger partial charge in [0.15, 0.2) is 6.29 Å². The average Bonchev–Trinajstić information content (AvgIpc) is 2.98. The number of esters is 2. The Kier molecular flexibility index (Phi) is 7.36. The minimum absolute atomic E-state index is 0.00330. The Labute approximate surface area is 189 Å². The molecule has 3 rings (SSSR count). The lowest BCUT2D eigenvalue weighted by Crippen LogP contribution is -2.62. The van der Waals surface area contributed by atoms with Crippen LogP contribution in [0, 0.1) is 5.92 Å². The highest BCUT2D eigenvalue weighted by Gasteiger charge is 2.69. The maximum atomic E-state index is 12.3. The Hall–Kier alpha value is -1.84.